The smallest absolute Gasteiger partial charge is 0.410 e. The number of nitrogens with zero attached hydrogens (tertiary/aromatic N) is 1. The van der Waals surface area contributed by atoms with Gasteiger partial charge in [0.05, 0.1) is 11.7 Å². The molecule has 9 nitrogen and oxygen atoms in total. The van der Waals surface area contributed by atoms with Crippen molar-refractivity contribution in [1.29, 1.82) is 0 Å². The van der Waals surface area contributed by atoms with Crippen LogP contribution in [0.2, 0.25) is 0 Å². The Balaban J connectivity index is 1.71. The molecule has 0 spiro atoms. The number of rotatable bonds is 4. The van der Waals surface area contributed by atoms with E-state index in [2.05, 4.69) is 10.6 Å². The predicted octanol–water partition coefficient (Wildman–Crippen LogP) is 2.16. The van der Waals surface area contributed by atoms with E-state index >= 15 is 0 Å². The molecule has 29 heavy (non-hydrogen) atoms. The van der Waals surface area contributed by atoms with Crippen LogP contribution in [0.1, 0.15) is 44.5 Å². The second-order valence-corrected chi connectivity index (χ2v) is 8.09. The molecule has 2 aliphatic heterocycles. The molecule has 2 N–H and O–H groups in total. The highest BCUT2D eigenvalue weighted by atomic mass is 16.7. The Morgan fingerprint density at radius 1 is 1.24 bits per heavy atom. The van der Waals surface area contributed by atoms with Crippen LogP contribution in [0.3, 0.4) is 0 Å². The molecule has 3 rings (SSSR count). The molecule has 9 heteroatoms. The van der Waals surface area contributed by atoms with Crippen molar-refractivity contribution >= 4 is 23.5 Å². The Bertz CT molecular complexity index is 817. The number of amides is 2. The summed E-state index contributed by atoms with van der Waals surface area (Å²) in [6, 6.07) is 2.80. The number of nitrogens with one attached hydrogen (secondary N) is 2. The van der Waals surface area contributed by atoms with Crippen LogP contribution < -0.4 is 20.1 Å². The number of anilines is 1. The standard InChI is InChI=1S/C20H27N3O6/c1-12(24)14-8-16-17(28-11-27-16)9-15(14)22-18(25)7-13-10-21-5-6-23(13)19(26)29-20(2,3)4/h8-9,13,21H,5-7,10-11H2,1-4H3,(H,22,25). The van der Waals surface area contributed by atoms with Crippen molar-refractivity contribution < 1.29 is 28.6 Å². The van der Waals surface area contributed by atoms with Gasteiger partial charge in [0.15, 0.2) is 17.3 Å². The van der Waals surface area contributed by atoms with Crippen molar-refractivity contribution in [2.75, 3.05) is 31.7 Å². The van der Waals surface area contributed by atoms with Gasteiger partial charge in [-0.1, -0.05) is 0 Å². The third-order valence-corrected chi connectivity index (χ3v) is 4.57. The largest absolute Gasteiger partial charge is 0.454 e. The maximum absolute atomic E-state index is 12.7. The van der Waals surface area contributed by atoms with Crippen molar-refractivity contribution in [2.24, 2.45) is 0 Å². The highest BCUT2D eigenvalue weighted by Crippen LogP contribution is 2.37. The lowest BCUT2D eigenvalue weighted by atomic mass is 10.1. The van der Waals surface area contributed by atoms with Gasteiger partial charge in [-0.25, -0.2) is 4.79 Å². The number of carbonyl (C=O) groups is 3. The van der Waals surface area contributed by atoms with Crippen LogP contribution in [0.15, 0.2) is 12.1 Å². The molecule has 1 atom stereocenters. The van der Waals surface area contributed by atoms with Crippen LogP contribution in [-0.4, -0.2) is 60.8 Å². The molecule has 1 saturated heterocycles. The number of ether oxygens (including phenoxy) is 3. The molecule has 158 valence electrons. The summed E-state index contributed by atoms with van der Waals surface area (Å²) in [6.07, 6.45) is -0.373. The molecule has 1 unspecified atom stereocenters. The van der Waals surface area contributed by atoms with E-state index < -0.39 is 11.7 Å². The molecule has 0 aromatic heterocycles. The first-order chi connectivity index (χ1) is 13.6. The zero-order valence-corrected chi connectivity index (χ0v) is 17.2. The number of hydrogen-bond acceptors (Lipinski definition) is 7. The van der Waals surface area contributed by atoms with Crippen LogP contribution in [0.5, 0.6) is 11.5 Å². The van der Waals surface area contributed by atoms with E-state index in [1.54, 1.807) is 37.8 Å². The lowest BCUT2D eigenvalue weighted by Crippen LogP contribution is -2.55. The lowest BCUT2D eigenvalue weighted by Gasteiger charge is -2.36. The first-order valence-corrected chi connectivity index (χ1v) is 9.59. The molecule has 0 radical (unpaired) electrons. The molecule has 1 fully saturated rings. The van der Waals surface area contributed by atoms with Gasteiger partial charge in [0.25, 0.3) is 0 Å². The summed E-state index contributed by atoms with van der Waals surface area (Å²) in [6.45, 7) is 8.47. The van der Waals surface area contributed by atoms with E-state index in [0.29, 0.717) is 42.4 Å². The summed E-state index contributed by atoms with van der Waals surface area (Å²) in [5.74, 6) is 0.433. The maximum Gasteiger partial charge on any atom is 0.410 e. The highest BCUT2D eigenvalue weighted by molar-refractivity contribution is 6.04. The van der Waals surface area contributed by atoms with Gasteiger partial charge in [-0.05, 0) is 33.8 Å². The van der Waals surface area contributed by atoms with Gasteiger partial charge in [0.1, 0.15) is 5.60 Å². The van der Waals surface area contributed by atoms with Gasteiger partial charge in [0.2, 0.25) is 12.7 Å². The zero-order chi connectivity index (χ0) is 21.2. The molecular weight excluding hydrogens is 378 g/mol. The van der Waals surface area contributed by atoms with Crippen molar-refractivity contribution in [3.8, 4) is 11.5 Å². The van der Waals surface area contributed by atoms with Gasteiger partial charge >= 0.3 is 6.09 Å². The molecule has 2 heterocycles. The van der Waals surface area contributed by atoms with Crippen LogP contribution in [0.4, 0.5) is 10.5 Å². The summed E-state index contributed by atoms with van der Waals surface area (Å²) in [7, 11) is 0. The number of piperazine rings is 1. The topological polar surface area (TPSA) is 106 Å². The molecule has 1 aromatic rings. The molecule has 1 aromatic carbocycles. The average molecular weight is 405 g/mol. The van der Waals surface area contributed by atoms with E-state index in [9.17, 15) is 14.4 Å². The number of benzene rings is 1. The minimum atomic E-state index is -0.613. The Morgan fingerprint density at radius 3 is 2.59 bits per heavy atom. The lowest BCUT2D eigenvalue weighted by molar-refractivity contribution is -0.117. The first-order valence-electron chi connectivity index (χ1n) is 9.59. The van der Waals surface area contributed by atoms with E-state index in [-0.39, 0.29) is 30.9 Å². The predicted molar refractivity (Wildman–Crippen MR) is 105 cm³/mol. The fraction of sp³-hybridized carbons (Fsp3) is 0.550. The first kappa shape index (κ1) is 20.9. The molecule has 0 saturated carbocycles. The summed E-state index contributed by atoms with van der Waals surface area (Å²) in [5, 5.41) is 5.97. The Labute approximate surface area is 169 Å². The summed E-state index contributed by atoms with van der Waals surface area (Å²) in [4.78, 5) is 38.8. The minimum absolute atomic E-state index is 0.0675. The van der Waals surface area contributed by atoms with Crippen molar-refractivity contribution in [2.45, 2.75) is 45.8 Å². The van der Waals surface area contributed by atoms with Gasteiger partial charge < -0.3 is 29.7 Å². The maximum atomic E-state index is 12.7. The molecule has 2 amide bonds. The molecular formula is C20H27N3O6. The van der Waals surface area contributed by atoms with Crippen LogP contribution in [0, 0.1) is 0 Å². The molecule has 2 aliphatic rings. The van der Waals surface area contributed by atoms with E-state index in [0.717, 1.165) is 0 Å². The number of fused-ring (bicyclic) bond motifs is 1. The number of Topliss-reactive ketones (excluding diaryl/α,β-unsaturated/α-hetero) is 1. The van der Waals surface area contributed by atoms with Gasteiger partial charge in [-0.15, -0.1) is 0 Å². The Hall–Kier alpha value is -2.81. The number of carbonyl (C=O) groups excluding carboxylic acids is 3. The second-order valence-electron chi connectivity index (χ2n) is 8.09. The molecule has 0 aliphatic carbocycles. The highest BCUT2D eigenvalue weighted by Gasteiger charge is 2.32. The Kier molecular flexibility index (Phi) is 5.97. The third-order valence-electron chi connectivity index (χ3n) is 4.57. The van der Waals surface area contributed by atoms with Gasteiger partial charge in [-0.2, -0.15) is 0 Å². The van der Waals surface area contributed by atoms with Crippen molar-refractivity contribution in [1.82, 2.24) is 10.2 Å². The van der Waals surface area contributed by atoms with Crippen LogP contribution in [-0.2, 0) is 9.53 Å². The Morgan fingerprint density at radius 2 is 1.93 bits per heavy atom. The zero-order valence-electron chi connectivity index (χ0n) is 17.2. The van der Waals surface area contributed by atoms with Crippen molar-refractivity contribution in [3.05, 3.63) is 17.7 Å². The monoisotopic (exact) mass is 405 g/mol. The third kappa shape index (κ3) is 5.17. The summed E-state index contributed by atoms with van der Waals surface area (Å²) in [5.41, 5.74) is 0.0881. The number of ketones is 1. The van der Waals surface area contributed by atoms with Crippen LogP contribution >= 0.6 is 0 Å². The average Bonchev–Trinajstić information content (AvgIpc) is 3.07. The van der Waals surface area contributed by atoms with Crippen LogP contribution in [0.25, 0.3) is 0 Å². The van der Waals surface area contributed by atoms with Crippen molar-refractivity contribution in [3.63, 3.8) is 0 Å². The van der Waals surface area contributed by atoms with E-state index in [1.165, 1.54) is 6.92 Å². The summed E-state index contributed by atoms with van der Waals surface area (Å²) >= 11 is 0. The van der Waals surface area contributed by atoms with E-state index in [4.69, 9.17) is 14.2 Å². The SMILES string of the molecule is CC(=O)c1cc2c(cc1NC(=O)CC1CNCCN1C(=O)OC(C)(C)C)OCO2. The van der Waals surface area contributed by atoms with Gasteiger partial charge in [0, 0.05) is 37.7 Å². The van der Waals surface area contributed by atoms with E-state index in [1.807, 2.05) is 0 Å². The minimum Gasteiger partial charge on any atom is -0.454 e. The number of hydrogen-bond donors (Lipinski definition) is 2. The van der Waals surface area contributed by atoms with Gasteiger partial charge in [-0.3, -0.25) is 9.59 Å². The normalized spacial score (nSPS) is 18.3. The summed E-state index contributed by atoms with van der Waals surface area (Å²) < 4.78 is 16.1. The fourth-order valence-corrected chi connectivity index (χ4v) is 3.26. The second kappa shape index (κ2) is 8.28. The molecule has 0 bridgehead atoms. The quantitative estimate of drug-likeness (QED) is 0.739. The fourth-order valence-electron chi connectivity index (χ4n) is 3.26.